The number of carboxylic acids is 1. The van der Waals surface area contributed by atoms with Crippen LogP contribution >= 0.6 is 0 Å². The van der Waals surface area contributed by atoms with Gasteiger partial charge in [-0.15, -0.1) is 0 Å². The molecule has 33 heavy (non-hydrogen) atoms. The van der Waals surface area contributed by atoms with E-state index in [1.807, 2.05) is 0 Å². The molecule has 0 saturated carbocycles. The van der Waals surface area contributed by atoms with Crippen molar-refractivity contribution in [1.82, 2.24) is 0 Å². The van der Waals surface area contributed by atoms with E-state index in [-0.39, 0.29) is 11.3 Å². The van der Waals surface area contributed by atoms with Crippen LogP contribution < -0.4 is 18.9 Å². The van der Waals surface area contributed by atoms with Crippen LogP contribution in [0.5, 0.6) is 23.0 Å². The zero-order valence-electron chi connectivity index (χ0n) is 18.9. The minimum atomic E-state index is -2.23. The Kier molecular flexibility index (Phi) is 8.86. The minimum absolute atomic E-state index is 0.0663. The number of carbonyl (C=O) groups is 2. The van der Waals surface area contributed by atoms with E-state index in [0.29, 0.717) is 22.8 Å². The Labute approximate surface area is 194 Å². The van der Waals surface area contributed by atoms with Gasteiger partial charge in [0.1, 0.15) is 23.0 Å². The normalized spacial score (nSPS) is 13.6. The Bertz CT molecular complexity index is 1040. The third-order valence-electron chi connectivity index (χ3n) is 4.69. The van der Waals surface area contributed by atoms with Crippen molar-refractivity contribution in [2.75, 3.05) is 34.2 Å². The summed E-state index contributed by atoms with van der Waals surface area (Å²) in [5, 5.41) is 11.3. The number of rotatable bonds is 11. The molecule has 1 N–H and O–H groups in total. The maximum absolute atomic E-state index is 13.0. The SMILES string of the molecule is COc1cc(OC)c(/C=C/S(=O)CC(OC(C)=O)(C(=O)O)c2ccccc2OC)c(OC)c1. The van der Waals surface area contributed by atoms with E-state index >= 15 is 0 Å². The molecule has 2 atom stereocenters. The molecule has 2 aromatic carbocycles. The van der Waals surface area contributed by atoms with Gasteiger partial charge in [-0.25, -0.2) is 4.79 Å². The number of carboxylic acid groups (broad SMARTS) is 1. The van der Waals surface area contributed by atoms with E-state index in [9.17, 15) is 18.9 Å². The summed E-state index contributed by atoms with van der Waals surface area (Å²) in [6.07, 6.45) is 1.48. The van der Waals surface area contributed by atoms with Gasteiger partial charge in [-0.2, -0.15) is 0 Å². The van der Waals surface area contributed by atoms with Crippen LogP contribution in [0.25, 0.3) is 6.08 Å². The van der Waals surface area contributed by atoms with Crippen molar-refractivity contribution in [2.45, 2.75) is 12.5 Å². The largest absolute Gasteiger partial charge is 0.496 e. The number of hydrogen-bond donors (Lipinski definition) is 1. The maximum Gasteiger partial charge on any atom is 0.354 e. The number of aliphatic carboxylic acids is 1. The van der Waals surface area contributed by atoms with Crippen molar-refractivity contribution < 1.29 is 42.6 Å². The standard InChI is InChI=1S/C23H26O9S/c1-15(24)32-23(22(25)26,18-8-6-7-9-19(18)29-3)14-33(27)11-10-17-20(30-4)12-16(28-2)13-21(17)31-5/h6-13H,14H2,1-5H3,(H,25,26)/b11-10+. The number of methoxy groups -OCH3 is 4. The topological polar surface area (TPSA) is 118 Å². The molecule has 0 amide bonds. The lowest BCUT2D eigenvalue weighted by molar-refractivity contribution is -0.176. The molecule has 0 heterocycles. The summed E-state index contributed by atoms with van der Waals surface area (Å²) in [5.74, 6) is -1.41. The zero-order chi connectivity index (χ0) is 24.6. The molecular formula is C23H26O9S. The molecule has 0 aromatic heterocycles. The fourth-order valence-electron chi connectivity index (χ4n) is 3.20. The second kappa shape index (κ2) is 11.4. The Hall–Kier alpha value is -3.53. The molecule has 9 nitrogen and oxygen atoms in total. The summed E-state index contributed by atoms with van der Waals surface area (Å²) in [6, 6.07) is 9.45. The third kappa shape index (κ3) is 5.83. The van der Waals surface area contributed by atoms with Crippen LogP contribution in [-0.4, -0.2) is 55.4 Å². The van der Waals surface area contributed by atoms with Crippen molar-refractivity contribution >= 4 is 28.8 Å². The molecule has 0 aliphatic rings. The highest BCUT2D eigenvalue weighted by Gasteiger charge is 2.47. The molecule has 2 unspecified atom stereocenters. The number of ether oxygens (including phenoxy) is 5. The van der Waals surface area contributed by atoms with E-state index in [4.69, 9.17) is 23.7 Å². The summed E-state index contributed by atoms with van der Waals surface area (Å²) in [7, 11) is 3.87. The highest BCUT2D eigenvalue weighted by atomic mass is 32.2. The first kappa shape index (κ1) is 25.7. The van der Waals surface area contributed by atoms with Gasteiger partial charge < -0.3 is 28.8 Å². The molecule has 0 radical (unpaired) electrons. The van der Waals surface area contributed by atoms with Gasteiger partial charge in [-0.05, 0) is 12.1 Å². The van der Waals surface area contributed by atoms with Gasteiger partial charge >= 0.3 is 11.9 Å². The second-order valence-corrected chi connectivity index (χ2v) is 8.02. The average Bonchev–Trinajstić information content (AvgIpc) is 2.81. The molecular weight excluding hydrogens is 452 g/mol. The third-order valence-corrected chi connectivity index (χ3v) is 5.82. The predicted molar refractivity (Wildman–Crippen MR) is 122 cm³/mol. The number of esters is 1. The average molecular weight is 479 g/mol. The lowest BCUT2D eigenvalue weighted by Gasteiger charge is -2.29. The Balaban J connectivity index is 2.51. The second-order valence-electron chi connectivity index (χ2n) is 6.70. The molecule has 0 bridgehead atoms. The molecule has 0 saturated heterocycles. The Morgan fingerprint density at radius 1 is 0.970 bits per heavy atom. The summed E-state index contributed by atoms with van der Waals surface area (Å²) in [4.78, 5) is 24.2. The van der Waals surface area contributed by atoms with Crippen LogP contribution in [0.3, 0.4) is 0 Å². The van der Waals surface area contributed by atoms with Crippen LogP contribution in [-0.2, 0) is 30.7 Å². The Morgan fingerprint density at radius 3 is 2.03 bits per heavy atom. The van der Waals surface area contributed by atoms with Crippen LogP contribution in [0, 0.1) is 0 Å². The van der Waals surface area contributed by atoms with E-state index in [1.165, 1.54) is 52.1 Å². The molecule has 10 heteroatoms. The van der Waals surface area contributed by atoms with Crippen molar-refractivity contribution in [3.63, 3.8) is 0 Å². The zero-order valence-corrected chi connectivity index (χ0v) is 19.8. The highest BCUT2D eigenvalue weighted by Crippen LogP contribution is 2.37. The number of hydrogen-bond acceptors (Lipinski definition) is 8. The lowest BCUT2D eigenvalue weighted by atomic mass is 9.94. The van der Waals surface area contributed by atoms with Gasteiger partial charge in [0, 0.05) is 30.0 Å². The summed E-state index contributed by atoms with van der Waals surface area (Å²) in [5.41, 5.74) is -1.70. The van der Waals surface area contributed by atoms with E-state index in [2.05, 4.69) is 0 Å². The van der Waals surface area contributed by atoms with Gasteiger partial charge in [-0.3, -0.25) is 9.00 Å². The quantitative estimate of drug-likeness (QED) is 0.486. The summed E-state index contributed by atoms with van der Waals surface area (Å²) in [6.45, 7) is 1.08. The molecule has 0 fully saturated rings. The fraction of sp³-hybridized carbons (Fsp3) is 0.304. The first-order valence-corrected chi connectivity index (χ1v) is 11.0. The van der Waals surface area contributed by atoms with Crippen LogP contribution in [0.4, 0.5) is 0 Å². The molecule has 2 rings (SSSR count). The molecule has 0 aliphatic heterocycles. The van der Waals surface area contributed by atoms with E-state index in [1.54, 1.807) is 24.3 Å². The first-order chi connectivity index (χ1) is 15.7. The lowest BCUT2D eigenvalue weighted by Crippen LogP contribution is -2.45. The summed E-state index contributed by atoms with van der Waals surface area (Å²) < 4.78 is 39.5. The van der Waals surface area contributed by atoms with Gasteiger partial charge in [0.05, 0.1) is 50.6 Å². The van der Waals surface area contributed by atoms with Gasteiger partial charge in [-0.1, -0.05) is 18.2 Å². The van der Waals surface area contributed by atoms with Crippen molar-refractivity contribution in [2.24, 2.45) is 0 Å². The maximum atomic E-state index is 13.0. The summed E-state index contributed by atoms with van der Waals surface area (Å²) >= 11 is 0. The van der Waals surface area contributed by atoms with Crippen molar-refractivity contribution in [3.05, 3.63) is 52.9 Å². The number of para-hydroxylation sites is 1. The first-order valence-electron chi connectivity index (χ1n) is 9.64. The van der Waals surface area contributed by atoms with Crippen LogP contribution in [0.1, 0.15) is 18.1 Å². The highest BCUT2D eigenvalue weighted by molar-refractivity contribution is 7.88. The molecule has 0 aliphatic carbocycles. The van der Waals surface area contributed by atoms with Crippen LogP contribution in [0.15, 0.2) is 41.8 Å². The smallest absolute Gasteiger partial charge is 0.354 e. The van der Waals surface area contributed by atoms with E-state index in [0.717, 1.165) is 6.92 Å². The van der Waals surface area contributed by atoms with Crippen molar-refractivity contribution in [3.8, 4) is 23.0 Å². The van der Waals surface area contributed by atoms with Gasteiger partial charge in [0.15, 0.2) is 0 Å². The van der Waals surface area contributed by atoms with E-state index < -0.39 is 34.1 Å². The fourth-order valence-corrected chi connectivity index (χ4v) is 4.32. The minimum Gasteiger partial charge on any atom is -0.496 e. The Morgan fingerprint density at radius 2 is 1.55 bits per heavy atom. The predicted octanol–water partition coefficient (Wildman–Crippen LogP) is 2.98. The monoisotopic (exact) mass is 478 g/mol. The molecule has 0 spiro atoms. The van der Waals surface area contributed by atoms with Gasteiger partial charge in [0.2, 0.25) is 5.60 Å². The van der Waals surface area contributed by atoms with Crippen molar-refractivity contribution in [1.29, 1.82) is 0 Å². The van der Waals surface area contributed by atoms with Gasteiger partial charge in [0.25, 0.3) is 0 Å². The number of carbonyl (C=O) groups excluding carboxylic acids is 1. The molecule has 2 aromatic rings. The van der Waals surface area contributed by atoms with Crippen LogP contribution in [0.2, 0.25) is 0 Å². The number of benzene rings is 2. The molecule has 178 valence electrons.